The van der Waals surface area contributed by atoms with Gasteiger partial charge < -0.3 is 15.0 Å². The largest absolute Gasteiger partial charge is 0.573 e. The molecule has 0 bridgehead atoms. The molecule has 7 heteroatoms. The van der Waals surface area contributed by atoms with Gasteiger partial charge in [-0.3, -0.25) is 0 Å². The zero-order valence-corrected chi connectivity index (χ0v) is 14.9. The highest BCUT2D eigenvalue weighted by molar-refractivity contribution is 5.30. The number of hydrogen-bond acceptors (Lipinski definition) is 3. The number of alkyl halides is 3. The highest BCUT2D eigenvalue weighted by Gasteiger charge is 2.31. The van der Waals surface area contributed by atoms with Gasteiger partial charge in [-0.25, -0.2) is 4.98 Å². The number of piperidine rings is 1. The molecular formula is C19H24F3N3O. The van der Waals surface area contributed by atoms with Gasteiger partial charge in [0, 0.05) is 30.9 Å². The first-order valence-electron chi connectivity index (χ1n) is 8.90. The van der Waals surface area contributed by atoms with Crippen LogP contribution in [0.25, 0.3) is 0 Å². The second kappa shape index (κ2) is 7.70. The monoisotopic (exact) mass is 367 g/mol. The van der Waals surface area contributed by atoms with Crippen molar-refractivity contribution in [2.24, 2.45) is 5.92 Å². The van der Waals surface area contributed by atoms with E-state index >= 15 is 0 Å². The minimum absolute atomic E-state index is 0.189. The average Bonchev–Trinajstić information content (AvgIpc) is 3.02. The molecule has 2 unspecified atom stereocenters. The molecule has 1 saturated heterocycles. The minimum atomic E-state index is -4.66. The molecule has 2 aromatic rings. The molecule has 1 aliphatic heterocycles. The van der Waals surface area contributed by atoms with Gasteiger partial charge >= 0.3 is 6.36 Å². The van der Waals surface area contributed by atoms with Gasteiger partial charge in [0.1, 0.15) is 11.6 Å². The van der Waals surface area contributed by atoms with E-state index < -0.39 is 6.36 Å². The predicted molar refractivity (Wildman–Crippen MR) is 93.2 cm³/mol. The number of rotatable bonds is 5. The van der Waals surface area contributed by atoms with Crippen LogP contribution < -0.4 is 10.1 Å². The molecule has 26 heavy (non-hydrogen) atoms. The third-order valence-electron chi connectivity index (χ3n) is 4.60. The minimum Gasteiger partial charge on any atom is -0.406 e. The first-order chi connectivity index (χ1) is 12.3. The van der Waals surface area contributed by atoms with E-state index in [2.05, 4.69) is 33.9 Å². The van der Waals surface area contributed by atoms with Crippen molar-refractivity contribution in [1.82, 2.24) is 15.3 Å². The lowest BCUT2D eigenvalue weighted by atomic mass is 9.85. The van der Waals surface area contributed by atoms with Gasteiger partial charge in [0.05, 0.1) is 0 Å². The highest BCUT2D eigenvalue weighted by atomic mass is 19.4. The van der Waals surface area contributed by atoms with Gasteiger partial charge in [-0.15, -0.1) is 13.2 Å². The predicted octanol–water partition coefficient (Wildman–Crippen LogP) is 4.37. The Bertz CT molecular complexity index is 710. The Morgan fingerprint density at radius 3 is 2.50 bits per heavy atom. The molecule has 1 fully saturated rings. The summed E-state index contributed by atoms with van der Waals surface area (Å²) in [6, 6.07) is 6.17. The van der Waals surface area contributed by atoms with Crippen LogP contribution in [0.3, 0.4) is 0 Å². The zero-order valence-electron chi connectivity index (χ0n) is 14.9. The van der Waals surface area contributed by atoms with Crippen molar-refractivity contribution in [1.29, 1.82) is 0 Å². The van der Waals surface area contributed by atoms with Gasteiger partial charge in [-0.1, -0.05) is 26.0 Å². The van der Waals surface area contributed by atoms with E-state index in [0.29, 0.717) is 5.92 Å². The molecule has 0 amide bonds. The zero-order chi connectivity index (χ0) is 18.7. The Kier molecular flexibility index (Phi) is 5.55. The maximum Gasteiger partial charge on any atom is 0.573 e. The van der Waals surface area contributed by atoms with Gasteiger partial charge in [0.15, 0.2) is 0 Å². The third-order valence-corrected chi connectivity index (χ3v) is 4.60. The highest BCUT2D eigenvalue weighted by Crippen LogP contribution is 2.33. The van der Waals surface area contributed by atoms with Crippen LogP contribution in [0.15, 0.2) is 30.5 Å². The average molecular weight is 367 g/mol. The van der Waals surface area contributed by atoms with E-state index in [1.807, 2.05) is 6.20 Å². The van der Waals surface area contributed by atoms with Crippen LogP contribution in [0.1, 0.15) is 49.2 Å². The van der Waals surface area contributed by atoms with Gasteiger partial charge in [-0.2, -0.15) is 0 Å². The summed E-state index contributed by atoms with van der Waals surface area (Å²) in [5.41, 5.74) is 2.15. The lowest BCUT2D eigenvalue weighted by Crippen LogP contribution is -2.34. The molecule has 2 heterocycles. The number of benzene rings is 1. The number of nitrogens with zero attached hydrogens (tertiary/aromatic N) is 1. The van der Waals surface area contributed by atoms with E-state index in [-0.39, 0.29) is 17.6 Å². The maximum absolute atomic E-state index is 12.3. The molecule has 1 aromatic carbocycles. The summed E-state index contributed by atoms with van der Waals surface area (Å²) in [7, 11) is 0. The molecule has 4 nitrogen and oxygen atoms in total. The van der Waals surface area contributed by atoms with Crippen molar-refractivity contribution >= 4 is 0 Å². The Balaban J connectivity index is 1.65. The molecule has 142 valence electrons. The second-order valence-corrected chi connectivity index (χ2v) is 7.30. The number of H-pyrrole nitrogens is 1. The van der Waals surface area contributed by atoms with Crippen LogP contribution in [0.4, 0.5) is 13.2 Å². The number of nitrogens with one attached hydrogen (secondary N) is 2. The Morgan fingerprint density at radius 2 is 1.85 bits per heavy atom. The summed E-state index contributed by atoms with van der Waals surface area (Å²) < 4.78 is 40.8. The Morgan fingerprint density at radius 1 is 1.15 bits per heavy atom. The van der Waals surface area contributed by atoms with E-state index in [1.54, 1.807) is 12.1 Å². The number of aromatic amines is 1. The quantitative estimate of drug-likeness (QED) is 0.825. The van der Waals surface area contributed by atoms with Crippen LogP contribution in [0.2, 0.25) is 0 Å². The van der Waals surface area contributed by atoms with Crippen LogP contribution in [-0.2, 0) is 6.42 Å². The van der Waals surface area contributed by atoms with E-state index in [4.69, 9.17) is 0 Å². The molecule has 0 spiro atoms. The standard InChI is InChI=1S/C19H24F3N3O/c1-12(2)7-16-11-24-18(25-16)15-8-14(9-23-10-15)13-3-5-17(6-4-13)26-19(20,21)22/h3-6,11-12,14-15,23H,7-10H2,1-2H3,(H,24,25). The fourth-order valence-electron chi connectivity index (χ4n) is 3.47. The van der Waals surface area contributed by atoms with Gasteiger partial charge in [0.2, 0.25) is 0 Å². The molecule has 1 aliphatic rings. The summed E-state index contributed by atoms with van der Waals surface area (Å²) in [5, 5.41) is 3.41. The SMILES string of the molecule is CC(C)Cc1cnc(C2CNCC(c3ccc(OC(F)(F)F)cc3)C2)[nH]1. The first kappa shape index (κ1) is 18.8. The topological polar surface area (TPSA) is 49.9 Å². The fraction of sp³-hybridized carbons (Fsp3) is 0.526. The lowest BCUT2D eigenvalue weighted by molar-refractivity contribution is -0.274. The smallest absolute Gasteiger partial charge is 0.406 e. The van der Waals surface area contributed by atoms with Gasteiger partial charge in [-0.05, 0) is 42.4 Å². The van der Waals surface area contributed by atoms with Crippen molar-refractivity contribution < 1.29 is 17.9 Å². The van der Waals surface area contributed by atoms with Crippen LogP contribution in [-0.4, -0.2) is 29.4 Å². The summed E-state index contributed by atoms with van der Waals surface area (Å²) in [5.74, 6) is 1.85. The number of halogens is 3. The molecule has 2 N–H and O–H groups in total. The second-order valence-electron chi connectivity index (χ2n) is 7.30. The summed E-state index contributed by atoms with van der Waals surface area (Å²) in [6.07, 6.45) is -0.882. The van der Waals surface area contributed by atoms with Crippen LogP contribution in [0, 0.1) is 5.92 Å². The molecule has 1 aromatic heterocycles. The number of hydrogen-bond donors (Lipinski definition) is 2. The third kappa shape index (κ3) is 5.00. The number of aromatic nitrogens is 2. The summed E-state index contributed by atoms with van der Waals surface area (Å²) in [4.78, 5) is 7.96. The molecule has 0 aliphatic carbocycles. The summed E-state index contributed by atoms with van der Waals surface area (Å²) in [6.45, 7) is 5.99. The van der Waals surface area contributed by atoms with Crippen molar-refractivity contribution in [3.63, 3.8) is 0 Å². The fourth-order valence-corrected chi connectivity index (χ4v) is 3.47. The molecular weight excluding hydrogens is 343 g/mol. The van der Waals surface area contributed by atoms with E-state index in [9.17, 15) is 13.2 Å². The van der Waals surface area contributed by atoms with E-state index in [0.717, 1.165) is 43.0 Å². The lowest BCUT2D eigenvalue weighted by Gasteiger charge is -2.29. The van der Waals surface area contributed by atoms with Crippen molar-refractivity contribution in [3.05, 3.63) is 47.5 Å². The maximum atomic E-state index is 12.3. The van der Waals surface area contributed by atoms with Crippen LogP contribution in [0.5, 0.6) is 5.75 Å². The first-order valence-corrected chi connectivity index (χ1v) is 8.90. The summed E-state index contributed by atoms with van der Waals surface area (Å²) >= 11 is 0. The molecule has 0 saturated carbocycles. The van der Waals surface area contributed by atoms with Crippen molar-refractivity contribution in [2.75, 3.05) is 13.1 Å². The van der Waals surface area contributed by atoms with E-state index in [1.165, 1.54) is 12.1 Å². The Hall–Kier alpha value is -2.02. The Labute approximate surface area is 151 Å². The number of ether oxygens (including phenoxy) is 1. The van der Waals surface area contributed by atoms with Crippen molar-refractivity contribution in [3.8, 4) is 5.75 Å². The normalized spacial score (nSPS) is 21.2. The van der Waals surface area contributed by atoms with Gasteiger partial charge in [0.25, 0.3) is 0 Å². The molecule has 0 radical (unpaired) electrons. The van der Waals surface area contributed by atoms with Crippen LogP contribution >= 0.6 is 0 Å². The molecule has 2 atom stereocenters. The molecule has 3 rings (SSSR count). The van der Waals surface area contributed by atoms with Crippen molar-refractivity contribution in [2.45, 2.75) is 44.9 Å². The number of imidazole rings is 1.